The number of rotatable bonds is 8. The molecule has 0 heterocycles. The maximum atomic E-state index is 13.4. The van der Waals surface area contributed by atoms with Gasteiger partial charge in [-0.15, -0.1) is 0 Å². The number of esters is 1. The maximum absolute atomic E-state index is 13.4. The van der Waals surface area contributed by atoms with E-state index in [4.69, 9.17) is 0 Å². The summed E-state index contributed by atoms with van der Waals surface area (Å²) >= 11 is 0. The molecule has 0 atom stereocenters. The summed E-state index contributed by atoms with van der Waals surface area (Å²) < 4.78 is 17.9. The Bertz CT molecular complexity index is 480. The van der Waals surface area contributed by atoms with E-state index in [0.29, 0.717) is 24.9 Å². The highest BCUT2D eigenvalue weighted by Gasteiger charge is 2.08. The predicted molar refractivity (Wildman–Crippen MR) is 77.0 cm³/mol. The van der Waals surface area contributed by atoms with Crippen LogP contribution in [0, 0.1) is 5.82 Å². The zero-order valence-corrected chi connectivity index (χ0v) is 12.4. The molecule has 5 nitrogen and oxygen atoms in total. The number of hydrogen-bond acceptors (Lipinski definition) is 4. The topological polar surface area (TPSA) is 58.6 Å². The second-order valence-electron chi connectivity index (χ2n) is 4.79. The Morgan fingerprint density at radius 1 is 1.33 bits per heavy atom. The van der Waals surface area contributed by atoms with E-state index in [-0.39, 0.29) is 30.8 Å². The summed E-state index contributed by atoms with van der Waals surface area (Å²) in [6.45, 7) is 0.985. The number of likely N-dealkylation sites (N-methyl/N-ethyl adjacent to an activating group) is 1. The number of halogens is 1. The zero-order valence-electron chi connectivity index (χ0n) is 12.4. The Balaban J connectivity index is 2.24. The molecule has 0 aliphatic carbocycles. The van der Waals surface area contributed by atoms with Crippen molar-refractivity contribution in [3.8, 4) is 0 Å². The van der Waals surface area contributed by atoms with Crippen LogP contribution in [0.25, 0.3) is 0 Å². The van der Waals surface area contributed by atoms with E-state index in [2.05, 4.69) is 10.1 Å². The fraction of sp³-hybridized carbons (Fsp3) is 0.467. The quantitative estimate of drug-likeness (QED) is 0.735. The van der Waals surface area contributed by atoms with E-state index in [1.54, 1.807) is 30.1 Å². The van der Waals surface area contributed by atoms with E-state index in [9.17, 15) is 14.0 Å². The van der Waals surface area contributed by atoms with Crippen LogP contribution in [0.5, 0.6) is 0 Å². The number of methoxy groups -OCH3 is 1. The Morgan fingerprint density at radius 2 is 2.05 bits per heavy atom. The molecule has 21 heavy (non-hydrogen) atoms. The van der Waals surface area contributed by atoms with E-state index in [0.717, 1.165) is 0 Å². The first-order valence-electron chi connectivity index (χ1n) is 6.78. The van der Waals surface area contributed by atoms with Crippen molar-refractivity contribution in [3.05, 3.63) is 35.6 Å². The smallest absolute Gasteiger partial charge is 0.305 e. The minimum atomic E-state index is -0.329. The van der Waals surface area contributed by atoms with Crippen molar-refractivity contribution in [2.75, 3.05) is 27.2 Å². The molecular formula is C15H21FN2O3. The molecule has 1 rings (SSSR count). The molecule has 0 saturated heterocycles. The molecule has 0 aromatic heterocycles. The van der Waals surface area contributed by atoms with Gasteiger partial charge < -0.3 is 10.1 Å². The molecule has 6 heteroatoms. The molecule has 0 spiro atoms. The van der Waals surface area contributed by atoms with Gasteiger partial charge in [0.2, 0.25) is 5.91 Å². The van der Waals surface area contributed by atoms with E-state index in [1.165, 1.54) is 13.2 Å². The number of hydrogen-bond donors (Lipinski definition) is 1. The van der Waals surface area contributed by atoms with E-state index in [1.807, 2.05) is 0 Å². The van der Waals surface area contributed by atoms with Crippen LogP contribution >= 0.6 is 0 Å². The number of amides is 1. The Hall–Kier alpha value is -1.95. The van der Waals surface area contributed by atoms with E-state index >= 15 is 0 Å². The molecule has 0 bridgehead atoms. The zero-order chi connectivity index (χ0) is 15.7. The van der Waals surface area contributed by atoms with Gasteiger partial charge in [-0.05, 0) is 26.1 Å². The summed E-state index contributed by atoms with van der Waals surface area (Å²) in [6, 6.07) is 6.33. The lowest BCUT2D eigenvalue weighted by atomic mass is 10.2. The molecule has 0 unspecified atom stereocenters. The molecule has 1 amide bonds. The monoisotopic (exact) mass is 296 g/mol. The first-order chi connectivity index (χ1) is 10.0. The number of benzene rings is 1. The number of carbonyl (C=O) groups excluding carboxylic acids is 2. The van der Waals surface area contributed by atoms with Gasteiger partial charge in [-0.1, -0.05) is 18.2 Å². The molecule has 1 aromatic carbocycles. The lowest BCUT2D eigenvalue weighted by Gasteiger charge is -2.16. The number of nitrogens with one attached hydrogen (secondary N) is 1. The van der Waals surface area contributed by atoms with Crippen molar-refractivity contribution in [3.63, 3.8) is 0 Å². The van der Waals surface area contributed by atoms with Crippen LogP contribution in [0.1, 0.15) is 18.4 Å². The fourth-order valence-electron chi connectivity index (χ4n) is 1.81. The molecule has 1 N–H and O–H groups in total. The van der Waals surface area contributed by atoms with Gasteiger partial charge in [0.15, 0.2) is 0 Å². The summed E-state index contributed by atoms with van der Waals surface area (Å²) in [4.78, 5) is 24.5. The Kier molecular flexibility index (Phi) is 7.39. The highest BCUT2D eigenvalue weighted by atomic mass is 19.1. The van der Waals surface area contributed by atoms with Crippen molar-refractivity contribution in [1.29, 1.82) is 0 Å². The minimum Gasteiger partial charge on any atom is -0.469 e. The largest absolute Gasteiger partial charge is 0.469 e. The number of nitrogens with zero attached hydrogens (tertiary/aromatic N) is 1. The van der Waals surface area contributed by atoms with Gasteiger partial charge in [-0.25, -0.2) is 4.39 Å². The lowest BCUT2D eigenvalue weighted by molar-refractivity contribution is -0.140. The number of ether oxygens (including phenoxy) is 1. The van der Waals surface area contributed by atoms with Gasteiger partial charge in [0.25, 0.3) is 0 Å². The third-order valence-corrected chi connectivity index (χ3v) is 3.00. The van der Waals surface area contributed by atoms with Gasteiger partial charge >= 0.3 is 5.97 Å². The van der Waals surface area contributed by atoms with Crippen LogP contribution in [-0.4, -0.2) is 44.0 Å². The van der Waals surface area contributed by atoms with Crippen LogP contribution < -0.4 is 5.32 Å². The SMILES string of the molecule is COC(=O)CCCN(C)CC(=O)NCc1ccccc1F. The maximum Gasteiger partial charge on any atom is 0.305 e. The van der Waals surface area contributed by atoms with Crippen LogP contribution in [0.4, 0.5) is 4.39 Å². The Labute approximate surface area is 124 Å². The average molecular weight is 296 g/mol. The van der Waals surface area contributed by atoms with Crippen molar-refractivity contribution in [2.24, 2.45) is 0 Å². The van der Waals surface area contributed by atoms with Crippen molar-refractivity contribution >= 4 is 11.9 Å². The fourth-order valence-corrected chi connectivity index (χ4v) is 1.81. The molecule has 0 radical (unpaired) electrons. The molecule has 0 saturated carbocycles. The first-order valence-corrected chi connectivity index (χ1v) is 6.78. The molecule has 0 aliphatic rings. The van der Waals surface area contributed by atoms with Gasteiger partial charge in [-0.3, -0.25) is 14.5 Å². The highest BCUT2D eigenvalue weighted by molar-refractivity contribution is 5.78. The standard InChI is InChI=1S/C15H21FN2O3/c1-18(9-5-8-15(20)21-2)11-14(19)17-10-12-6-3-4-7-13(12)16/h3-4,6-7H,5,8-11H2,1-2H3,(H,17,19). The van der Waals surface area contributed by atoms with Crippen LogP contribution in [0.2, 0.25) is 0 Å². The summed E-state index contributed by atoms with van der Waals surface area (Å²) in [7, 11) is 3.14. The molecule has 116 valence electrons. The molecular weight excluding hydrogens is 275 g/mol. The average Bonchev–Trinajstić information content (AvgIpc) is 2.46. The van der Waals surface area contributed by atoms with Gasteiger partial charge in [0.1, 0.15) is 5.82 Å². The van der Waals surface area contributed by atoms with Crippen LogP contribution in [0.3, 0.4) is 0 Å². The third kappa shape index (κ3) is 6.85. The van der Waals surface area contributed by atoms with Crippen LogP contribution in [0.15, 0.2) is 24.3 Å². The lowest BCUT2D eigenvalue weighted by Crippen LogP contribution is -2.35. The normalized spacial score (nSPS) is 10.5. The van der Waals surface area contributed by atoms with Crippen molar-refractivity contribution in [2.45, 2.75) is 19.4 Å². The summed E-state index contributed by atoms with van der Waals surface area (Å²) in [5.41, 5.74) is 0.458. The second-order valence-corrected chi connectivity index (χ2v) is 4.79. The van der Waals surface area contributed by atoms with Crippen molar-refractivity contribution in [1.82, 2.24) is 10.2 Å². The molecule has 0 fully saturated rings. The summed E-state index contributed by atoms with van der Waals surface area (Å²) in [5.74, 6) is -0.768. The van der Waals surface area contributed by atoms with E-state index < -0.39 is 0 Å². The molecule has 0 aliphatic heterocycles. The predicted octanol–water partition coefficient (Wildman–Crippen LogP) is 1.33. The Morgan fingerprint density at radius 3 is 2.71 bits per heavy atom. The van der Waals surface area contributed by atoms with Crippen LogP contribution in [-0.2, 0) is 20.9 Å². The summed E-state index contributed by atoms with van der Waals surface area (Å²) in [5, 5.41) is 2.67. The molecule has 1 aromatic rings. The second kappa shape index (κ2) is 9.07. The number of carbonyl (C=O) groups is 2. The van der Waals surface area contributed by atoms with Gasteiger partial charge in [0.05, 0.1) is 13.7 Å². The summed E-state index contributed by atoms with van der Waals surface area (Å²) in [6.07, 6.45) is 0.960. The van der Waals surface area contributed by atoms with Gasteiger partial charge in [-0.2, -0.15) is 0 Å². The minimum absolute atomic E-state index is 0.168. The van der Waals surface area contributed by atoms with Gasteiger partial charge in [0, 0.05) is 18.5 Å². The third-order valence-electron chi connectivity index (χ3n) is 3.00. The first kappa shape index (κ1) is 17.1. The van der Waals surface area contributed by atoms with Crippen molar-refractivity contribution < 1.29 is 18.7 Å². The highest BCUT2D eigenvalue weighted by Crippen LogP contribution is 2.05.